The molecule has 0 radical (unpaired) electrons. The molecule has 0 aliphatic heterocycles. The fourth-order valence-electron chi connectivity index (χ4n) is 2.77. The Bertz CT molecular complexity index is 466. The number of amides is 1. The van der Waals surface area contributed by atoms with Crippen molar-refractivity contribution in [3.05, 3.63) is 11.8 Å². The summed E-state index contributed by atoms with van der Waals surface area (Å²) < 4.78 is 0. The first-order valence-electron chi connectivity index (χ1n) is 7.45. The molecule has 0 aromatic carbocycles. The summed E-state index contributed by atoms with van der Waals surface area (Å²) in [6, 6.07) is 1.91. The van der Waals surface area contributed by atoms with Crippen molar-refractivity contribution in [2.75, 3.05) is 11.9 Å². The number of nitrogens with one attached hydrogen (secondary N) is 2. The van der Waals surface area contributed by atoms with E-state index in [1.807, 2.05) is 6.07 Å². The number of rotatable bonds is 3. The second-order valence-corrected chi connectivity index (χ2v) is 6.92. The minimum atomic E-state index is -0.404. The number of hydrogen-bond acceptors (Lipinski definition) is 3. The summed E-state index contributed by atoms with van der Waals surface area (Å²) in [7, 11) is 0. The first-order chi connectivity index (χ1) is 9.37. The maximum Gasteiger partial charge on any atom is 0.233 e. The van der Waals surface area contributed by atoms with Gasteiger partial charge in [0.2, 0.25) is 5.91 Å². The molecule has 1 saturated carbocycles. The lowest BCUT2D eigenvalue weighted by Gasteiger charge is -2.34. The van der Waals surface area contributed by atoms with Crippen molar-refractivity contribution >= 4 is 11.7 Å². The van der Waals surface area contributed by atoms with E-state index in [-0.39, 0.29) is 11.3 Å². The van der Waals surface area contributed by atoms with Crippen molar-refractivity contribution in [2.45, 2.75) is 58.3 Å². The van der Waals surface area contributed by atoms with Gasteiger partial charge in [0.05, 0.1) is 5.41 Å². The van der Waals surface area contributed by atoms with Crippen molar-refractivity contribution in [2.24, 2.45) is 11.1 Å². The van der Waals surface area contributed by atoms with Gasteiger partial charge in [-0.25, -0.2) is 0 Å². The average Bonchev–Trinajstić information content (AvgIpc) is 2.88. The Kier molecular flexibility index (Phi) is 4.18. The Balaban J connectivity index is 2.09. The van der Waals surface area contributed by atoms with Crippen LogP contribution in [0.5, 0.6) is 0 Å². The molecule has 0 spiro atoms. The van der Waals surface area contributed by atoms with E-state index < -0.39 is 5.41 Å². The number of anilines is 1. The molecule has 1 aromatic rings. The van der Waals surface area contributed by atoms with Crippen LogP contribution in [0.4, 0.5) is 5.82 Å². The van der Waals surface area contributed by atoms with Gasteiger partial charge in [-0.15, -0.1) is 0 Å². The van der Waals surface area contributed by atoms with Crippen LogP contribution in [0.1, 0.15) is 58.6 Å². The molecule has 1 aliphatic rings. The molecule has 20 heavy (non-hydrogen) atoms. The minimum absolute atomic E-state index is 0.00757. The average molecular weight is 278 g/mol. The molecule has 0 atom stereocenters. The van der Waals surface area contributed by atoms with Gasteiger partial charge in [0.25, 0.3) is 0 Å². The smallest absolute Gasteiger partial charge is 0.233 e. The number of carbonyl (C=O) groups excluding carboxylic acids is 1. The van der Waals surface area contributed by atoms with E-state index in [9.17, 15) is 4.79 Å². The number of nitrogens with two attached hydrogens (primary N) is 1. The van der Waals surface area contributed by atoms with Gasteiger partial charge in [-0.3, -0.25) is 9.89 Å². The summed E-state index contributed by atoms with van der Waals surface area (Å²) in [5, 5.41) is 10.1. The van der Waals surface area contributed by atoms with Crippen LogP contribution in [-0.2, 0) is 10.2 Å². The highest BCUT2D eigenvalue weighted by Crippen LogP contribution is 2.36. The predicted molar refractivity (Wildman–Crippen MR) is 80.5 cm³/mol. The van der Waals surface area contributed by atoms with Gasteiger partial charge in [-0.05, 0) is 12.8 Å². The molecule has 4 N–H and O–H groups in total. The number of nitrogens with zero attached hydrogens (tertiary/aromatic N) is 1. The summed E-state index contributed by atoms with van der Waals surface area (Å²) in [5.41, 5.74) is 6.48. The molecule has 0 unspecified atom stereocenters. The van der Waals surface area contributed by atoms with Crippen LogP contribution in [0.3, 0.4) is 0 Å². The van der Waals surface area contributed by atoms with Gasteiger partial charge in [0, 0.05) is 23.7 Å². The first kappa shape index (κ1) is 15.0. The van der Waals surface area contributed by atoms with Crippen molar-refractivity contribution in [1.82, 2.24) is 10.2 Å². The largest absolute Gasteiger partial charge is 0.329 e. The Labute approximate surface area is 120 Å². The summed E-state index contributed by atoms with van der Waals surface area (Å²) in [6.45, 7) is 6.73. The van der Waals surface area contributed by atoms with Crippen molar-refractivity contribution in [1.29, 1.82) is 0 Å². The molecule has 5 heteroatoms. The highest BCUT2D eigenvalue weighted by Gasteiger charge is 2.38. The lowest BCUT2D eigenvalue weighted by Crippen LogP contribution is -2.43. The molecule has 5 nitrogen and oxygen atoms in total. The minimum Gasteiger partial charge on any atom is -0.329 e. The second-order valence-electron chi connectivity index (χ2n) is 6.92. The van der Waals surface area contributed by atoms with Gasteiger partial charge >= 0.3 is 0 Å². The quantitative estimate of drug-likeness (QED) is 0.794. The third kappa shape index (κ3) is 3.03. The Morgan fingerprint density at radius 2 is 2.05 bits per heavy atom. The van der Waals surface area contributed by atoms with Crippen LogP contribution >= 0.6 is 0 Å². The molecule has 1 aromatic heterocycles. The maximum absolute atomic E-state index is 12.5. The summed E-state index contributed by atoms with van der Waals surface area (Å²) in [5.74, 6) is 0.616. The standard InChI is InChI=1S/C15H26N4O/c1-14(2,3)11-9-12(19-18-11)17-13(20)15(10-16)7-5-4-6-8-15/h9H,4-8,10,16H2,1-3H3,(H2,17,18,19,20). The third-order valence-corrected chi connectivity index (χ3v) is 4.31. The van der Waals surface area contributed by atoms with Crippen LogP contribution in [-0.4, -0.2) is 22.6 Å². The van der Waals surface area contributed by atoms with E-state index in [2.05, 4.69) is 36.3 Å². The van der Waals surface area contributed by atoms with Crippen molar-refractivity contribution < 1.29 is 4.79 Å². The van der Waals surface area contributed by atoms with E-state index >= 15 is 0 Å². The zero-order valence-corrected chi connectivity index (χ0v) is 12.8. The Morgan fingerprint density at radius 1 is 1.40 bits per heavy atom. The number of hydrogen-bond donors (Lipinski definition) is 3. The molecule has 1 aliphatic carbocycles. The lowest BCUT2D eigenvalue weighted by atomic mass is 9.73. The van der Waals surface area contributed by atoms with Gasteiger partial charge in [0.1, 0.15) is 0 Å². The van der Waals surface area contributed by atoms with Gasteiger partial charge in [-0.1, -0.05) is 40.0 Å². The van der Waals surface area contributed by atoms with E-state index in [1.165, 1.54) is 6.42 Å². The van der Waals surface area contributed by atoms with Crippen LogP contribution in [0, 0.1) is 5.41 Å². The Hall–Kier alpha value is -1.36. The predicted octanol–water partition coefficient (Wildman–Crippen LogP) is 2.55. The number of aromatic nitrogens is 2. The van der Waals surface area contributed by atoms with E-state index in [1.54, 1.807) is 0 Å². The molecule has 0 bridgehead atoms. The molecular weight excluding hydrogens is 252 g/mol. The topological polar surface area (TPSA) is 83.8 Å². The zero-order chi connectivity index (χ0) is 14.8. The van der Waals surface area contributed by atoms with E-state index in [0.717, 1.165) is 31.4 Å². The molecule has 112 valence electrons. The maximum atomic E-state index is 12.5. The van der Waals surface area contributed by atoms with Crippen LogP contribution in [0.25, 0.3) is 0 Å². The van der Waals surface area contributed by atoms with Crippen molar-refractivity contribution in [3.8, 4) is 0 Å². The lowest BCUT2D eigenvalue weighted by molar-refractivity contribution is -0.126. The Morgan fingerprint density at radius 3 is 2.55 bits per heavy atom. The molecule has 1 heterocycles. The van der Waals surface area contributed by atoms with E-state index in [0.29, 0.717) is 12.4 Å². The van der Waals surface area contributed by atoms with E-state index in [4.69, 9.17) is 5.73 Å². The number of carbonyl (C=O) groups is 1. The van der Waals surface area contributed by atoms with Crippen LogP contribution in [0.15, 0.2) is 6.07 Å². The fourth-order valence-corrected chi connectivity index (χ4v) is 2.77. The second kappa shape index (κ2) is 5.56. The van der Waals surface area contributed by atoms with Crippen LogP contribution < -0.4 is 11.1 Å². The van der Waals surface area contributed by atoms with Crippen molar-refractivity contribution in [3.63, 3.8) is 0 Å². The molecule has 1 fully saturated rings. The molecule has 1 amide bonds. The first-order valence-corrected chi connectivity index (χ1v) is 7.45. The highest BCUT2D eigenvalue weighted by molar-refractivity contribution is 5.94. The summed E-state index contributed by atoms with van der Waals surface area (Å²) in [6.07, 6.45) is 5.13. The van der Waals surface area contributed by atoms with Gasteiger partial charge in [0.15, 0.2) is 5.82 Å². The zero-order valence-electron chi connectivity index (χ0n) is 12.8. The number of aromatic amines is 1. The SMILES string of the molecule is CC(C)(C)c1cc(NC(=O)C2(CN)CCCCC2)n[nH]1. The summed E-state index contributed by atoms with van der Waals surface area (Å²) in [4.78, 5) is 12.5. The summed E-state index contributed by atoms with van der Waals surface area (Å²) >= 11 is 0. The fraction of sp³-hybridized carbons (Fsp3) is 0.733. The number of H-pyrrole nitrogens is 1. The van der Waals surface area contributed by atoms with Gasteiger partial charge < -0.3 is 11.1 Å². The molecule has 0 saturated heterocycles. The molecular formula is C15H26N4O. The van der Waals surface area contributed by atoms with Gasteiger partial charge in [-0.2, -0.15) is 5.10 Å². The van der Waals surface area contributed by atoms with Crippen LogP contribution in [0.2, 0.25) is 0 Å². The molecule has 2 rings (SSSR count). The third-order valence-electron chi connectivity index (χ3n) is 4.31. The normalized spacial score (nSPS) is 18.8. The monoisotopic (exact) mass is 278 g/mol. The highest BCUT2D eigenvalue weighted by atomic mass is 16.2.